The molecule has 0 radical (unpaired) electrons. The zero-order valence-electron chi connectivity index (χ0n) is 14.1. The first-order valence-corrected chi connectivity index (χ1v) is 8.58. The number of aryl methyl sites for hydroxylation is 2. The van der Waals surface area contributed by atoms with Gasteiger partial charge in [-0.3, -0.25) is 4.90 Å². The van der Waals surface area contributed by atoms with Gasteiger partial charge in [-0.15, -0.1) is 0 Å². The Morgan fingerprint density at radius 2 is 1.90 bits per heavy atom. The van der Waals surface area contributed by atoms with Gasteiger partial charge >= 0.3 is 0 Å². The van der Waals surface area contributed by atoms with Crippen LogP contribution < -0.4 is 5.32 Å². The van der Waals surface area contributed by atoms with Gasteiger partial charge in [0, 0.05) is 31.2 Å². The van der Waals surface area contributed by atoms with Gasteiger partial charge in [0.15, 0.2) is 0 Å². The maximum atomic E-state index is 3.78. The molecule has 3 rings (SSSR count). The van der Waals surface area contributed by atoms with Crippen LogP contribution in [0, 0.1) is 19.8 Å². The molecule has 1 saturated carbocycles. The summed E-state index contributed by atoms with van der Waals surface area (Å²) in [5.41, 5.74) is 4.78. The van der Waals surface area contributed by atoms with E-state index in [4.69, 9.17) is 0 Å². The van der Waals surface area contributed by atoms with E-state index >= 15 is 0 Å². The fourth-order valence-electron chi connectivity index (χ4n) is 3.92. The summed E-state index contributed by atoms with van der Waals surface area (Å²) in [5, 5.41) is 3.78. The Balaban J connectivity index is 1.85. The molecule has 2 aliphatic rings. The molecule has 1 N–H and O–H groups in total. The Morgan fingerprint density at radius 3 is 2.48 bits per heavy atom. The molecule has 116 valence electrons. The number of nitrogens with one attached hydrogen (secondary N) is 1. The molecule has 1 saturated heterocycles. The van der Waals surface area contributed by atoms with E-state index in [1.165, 1.54) is 36.9 Å². The monoisotopic (exact) mass is 286 g/mol. The molecule has 2 unspecified atom stereocenters. The third-order valence-corrected chi connectivity index (χ3v) is 5.85. The van der Waals surface area contributed by atoms with Crippen LogP contribution in [0.4, 0.5) is 0 Å². The van der Waals surface area contributed by atoms with Crippen molar-refractivity contribution in [2.24, 2.45) is 5.92 Å². The lowest BCUT2D eigenvalue weighted by molar-refractivity contribution is 0.0268. The summed E-state index contributed by atoms with van der Waals surface area (Å²) in [6, 6.07) is 7.36. The summed E-state index contributed by atoms with van der Waals surface area (Å²) in [5.74, 6) is 0.895. The van der Waals surface area contributed by atoms with Crippen molar-refractivity contribution in [2.75, 3.05) is 13.1 Å². The number of nitrogens with zero attached hydrogens (tertiary/aromatic N) is 1. The van der Waals surface area contributed by atoms with E-state index < -0.39 is 0 Å². The Bertz CT molecular complexity index is 486. The second-order valence-electron chi connectivity index (χ2n) is 7.37. The molecule has 0 aromatic heterocycles. The number of rotatable bonds is 4. The van der Waals surface area contributed by atoms with Gasteiger partial charge in [0.1, 0.15) is 0 Å². The Hall–Kier alpha value is -0.860. The van der Waals surface area contributed by atoms with E-state index in [1.54, 1.807) is 5.56 Å². The summed E-state index contributed by atoms with van der Waals surface area (Å²) < 4.78 is 0. The van der Waals surface area contributed by atoms with Gasteiger partial charge in [-0.05, 0) is 62.6 Å². The quantitative estimate of drug-likeness (QED) is 0.909. The van der Waals surface area contributed by atoms with E-state index in [2.05, 4.69) is 56.1 Å². The molecule has 2 heteroatoms. The first-order valence-electron chi connectivity index (χ1n) is 8.58. The molecule has 1 aliphatic heterocycles. The molecule has 1 aromatic carbocycles. The van der Waals surface area contributed by atoms with Gasteiger partial charge in [0.2, 0.25) is 0 Å². The fraction of sp³-hybridized carbons (Fsp3) is 0.684. The zero-order chi connectivity index (χ0) is 15.0. The van der Waals surface area contributed by atoms with Crippen molar-refractivity contribution in [1.29, 1.82) is 0 Å². The highest BCUT2D eigenvalue weighted by atomic mass is 15.3. The van der Waals surface area contributed by atoms with Gasteiger partial charge < -0.3 is 5.32 Å². The minimum Gasteiger partial charge on any atom is -0.311 e. The van der Waals surface area contributed by atoms with Crippen molar-refractivity contribution >= 4 is 0 Å². The third-order valence-electron chi connectivity index (χ3n) is 5.85. The van der Waals surface area contributed by atoms with E-state index in [0.717, 1.165) is 19.0 Å². The smallest absolute Gasteiger partial charge is 0.0338 e. The molecular formula is C19H30N2. The molecule has 0 bridgehead atoms. The first-order chi connectivity index (χ1) is 10.0. The van der Waals surface area contributed by atoms with Crippen LogP contribution in [-0.4, -0.2) is 29.6 Å². The van der Waals surface area contributed by atoms with Gasteiger partial charge in [-0.2, -0.15) is 0 Å². The summed E-state index contributed by atoms with van der Waals surface area (Å²) >= 11 is 0. The van der Waals surface area contributed by atoms with Crippen LogP contribution >= 0.6 is 0 Å². The van der Waals surface area contributed by atoms with Crippen molar-refractivity contribution in [3.05, 3.63) is 34.9 Å². The summed E-state index contributed by atoms with van der Waals surface area (Å²) in [7, 11) is 0. The van der Waals surface area contributed by atoms with Gasteiger partial charge in [0.05, 0.1) is 0 Å². The van der Waals surface area contributed by atoms with E-state index in [1.807, 2.05) is 0 Å². The van der Waals surface area contributed by atoms with Crippen molar-refractivity contribution < 1.29 is 0 Å². The average molecular weight is 286 g/mol. The lowest BCUT2D eigenvalue weighted by atomic mass is 9.88. The molecule has 1 heterocycles. The van der Waals surface area contributed by atoms with Crippen LogP contribution in [0.1, 0.15) is 49.8 Å². The van der Waals surface area contributed by atoms with Crippen molar-refractivity contribution in [3.63, 3.8) is 0 Å². The number of benzene rings is 1. The predicted molar refractivity (Wildman–Crippen MR) is 89.5 cm³/mol. The summed E-state index contributed by atoms with van der Waals surface area (Å²) in [6.45, 7) is 12.8. The van der Waals surface area contributed by atoms with E-state index in [9.17, 15) is 0 Å². The second-order valence-corrected chi connectivity index (χ2v) is 7.37. The van der Waals surface area contributed by atoms with Crippen molar-refractivity contribution in [3.8, 4) is 0 Å². The van der Waals surface area contributed by atoms with Gasteiger partial charge in [0.25, 0.3) is 0 Å². The maximum Gasteiger partial charge on any atom is 0.0338 e. The molecule has 21 heavy (non-hydrogen) atoms. The third kappa shape index (κ3) is 2.89. The predicted octanol–water partition coefficient (Wildman–Crippen LogP) is 3.66. The van der Waals surface area contributed by atoms with Crippen molar-refractivity contribution in [1.82, 2.24) is 10.2 Å². The first kappa shape index (κ1) is 15.1. The largest absolute Gasteiger partial charge is 0.311 e. The normalized spacial score (nSPS) is 30.6. The van der Waals surface area contributed by atoms with E-state index in [-0.39, 0.29) is 0 Å². The van der Waals surface area contributed by atoms with Crippen LogP contribution in [0.15, 0.2) is 18.2 Å². The zero-order valence-corrected chi connectivity index (χ0v) is 14.1. The summed E-state index contributed by atoms with van der Waals surface area (Å²) in [4.78, 5) is 2.78. The topological polar surface area (TPSA) is 15.3 Å². The SMILES string of the molecule is CCC1CN(Cc2c(C)cccc2C)C(C)(C2CC2)CN1. The lowest BCUT2D eigenvalue weighted by Gasteiger charge is -2.49. The highest BCUT2D eigenvalue weighted by molar-refractivity contribution is 5.33. The number of hydrogen-bond acceptors (Lipinski definition) is 2. The number of hydrogen-bond donors (Lipinski definition) is 1. The van der Waals surface area contributed by atoms with Crippen LogP contribution in [0.2, 0.25) is 0 Å². The Kier molecular flexibility index (Phi) is 4.11. The average Bonchev–Trinajstić information content (AvgIpc) is 3.30. The molecule has 2 atom stereocenters. The minimum absolute atomic E-state index is 0.348. The van der Waals surface area contributed by atoms with Gasteiger partial charge in [-0.25, -0.2) is 0 Å². The van der Waals surface area contributed by atoms with Crippen LogP contribution in [0.25, 0.3) is 0 Å². The fourth-order valence-corrected chi connectivity index (χ4v) is 3.92. The van der Waals surface area contributed by atoms with Crippen LogP contribution in [-0.2, 0) is 6.54 Å². The standard InChI is InChI=1S/C19H30N2/c1-5-17-11-21(19(4,13-20-17)16-9-10-16)12-18-14(2)7-6-8-15(18)3/h6-8,16-17,20H,5,9-13H2,1-4H3. The van der Waals surface area contributed by atoms with Crippen molar-refractivity contribution in [2.45, 2.75) is 65.1 Å². The van der Waals surface area contributed by atoms with Crippen LogP contribution in [0.3, 0.4) is 0 Å². The molecule has 0 spiro atoms. The molecule has 1 aliphatic carbocycles. The highest BCUT2D eigenvalue weighted by Gasteiger charge is 2.48. The van der Waals surface area contributed by atoms with E-state index in [0.29, 0.717) is 11.6 Å². The molecule has 0 amide bonds. The highest BCUT2D eigenvalue weighted by Crippen LogP contribution is 2.44. The number of piperazine rings is 1. The molecule has 1 aromatic rings. The summed E-state index contributed by atoms with van der Waals surface area (Å²) in [6.07, 6.45) is 4.06. The minimum atomic E-state index is 0.348. The molecule has 2 fully saturated rings. The lowest BCUT2D eigenvalue weighted by Crippen LogP contribution is -2.63. The molecular weight excluding hydrogens is 256 g/mol. The van der Waals surface area contributed by atoms with Crippen LogP contribution in [0.5, 0.6) is 0 Å². The maximum absolute atomic E-state index is 3.78. The Morgan fingerprint density at radius 1 is 1.24 bits per heavy atom. The second kappa shape index (κ2) is 5.73. The van der Waals surface area contributed by atoms with Gasteiger partial charge in [-0.1, -0.05) is 25.1 Å². The molecule has 2 nitrogen and oxygen atoms in total. The Labute approximate surface area is 129 Å².